The second kappa shape index (κ2) is 7.38. The van der Waals surface area contributed by atoms with E-state index in [2.05, 4.69) is 9.05 Å². The quantitative estimate of drug-likeness (QED) is 0.428. The zero-order valence-corrected chi connectivity index (χ0v) is 6.51. The Balaban J connectivity index is 2.71. The van der Waals surface area contributed by atoms with Gasteiger partial charge in [0.25, 0.3) is 0 Å². The summed E-state index contributed by atoms with van der Waals surface area (Å²) < 4.78 is 28.1. The van der Waals surface area contributed by atoms with E-state index >= 15 is 0 Å². The van der Waals surface area contributed by atoms with Gasteiger partial charge in [-0.1, -0.05) is 0 Å². The van der Waals surface area contributed by atoms with Crippen molar-refractivity contribution in [2.24, 2.45) is 0 Å². The Hall–Kier alpha value is 0.380. The highest BCUT2D eigenvalue weighted by atomic mass is 31.1. The van der Waals surface area contributed by atoms with E-state index in [1.54, 1.807) is 0 Å². The molecular weight excluding hydrogens is 150 g/mol. The van der Waals surface area contributed by atoms with E-state index in [1.165, 1.54) is 0 Å². The van der Waals surface area contributed by atoms with Gasteiger partial charge in [-0.05, 0) is 0 Å². The minimum absolute atomic E-state index is 0.272. The summed E-state index contributed by atoms with van der Waals surface area (Å²) in [7, 11) is -2.29. The average molecular weight is 158 g/mol. The fourth-order valence-corrected chi connectivity index (χ4v) is 0.577. The molecule has 2 unspecified atom stereocenters. The molecule has 50 valence electrons. The lowest BCUT2D eigenvalue weighted by Gasteiger charge is -1.91. The van der Waals surface area contributed by atoms with Crippen molar-refractivity contribution >= 4 is 17.4 Å². The van der Waals surface area contributed by atoms with Crippen LogP contribution >= 0.6 is 17.4 Å². The predicted molar refractivity (Wildman–Crippen MR) is 32.7 cm³/mol. The maximum Gasteiger partial charge on any atom is 0.180 e. The van der Waals surface area contributed by atoms with Crippen LogP contribution in [0, 0.1) is 0 Å². The summed E-state index contributed by atoms with van der Waals surface area (Å²) in [6.07, 6.45) is 0. The van der Waals surface area contributed by atoms with Crippen molar-refractivity contribution in [1.29, 1.82) is 0 Å². The molecule has 0 saturated carbocycles. The molecule has 0 N–H and O–H groups in total. The van der Waals surface area contributed by atoms with Crippen LogP contribution in [0.1, 0.15) is 0 Å². The van der Waals surface area contributed by atoms with Gasteiger partial charge in [0.2, 0.25) is 0 Å². The van der Waals surface area contributed by atoms with Gasteiger partial charge in [0, 0.05) is 0 Å². The first-order valence-corrected chi connectivity index (χ1v) is 3.91. The third-order valence-corrected chi connectivity index (χ3v) is 1.20. The van der Waals surface area contributed by atoms with Crippen LogP contribution in [0.5, 0.6) is 0 Å². The summed E-state index contributed by atoms with van der Waals surface area (Å²) in [6, 6.07) is 0. The van der Waals surface area contributed by atoms with Crippen LogP contribution in [0.15, 0.2) is 0 Å². The van der Waals surface area contributed by atoms with Gasteiger partial charge in [0.1, 0.15) is 0 Å². The Morgan fingerprint density at radius 1 is 1.00 bits per heavy atom. The lowest BCUT2D eigenvalue weighted by Crippen LogP contribution is -1.90. The molecule has 2 atom stereocenters. The summed E-state index contributed by atoms with van der Waals surface area (Å²) in [5, 5.41) is 0. The van der Waals surface area contributed by atoms with E-state index in [0.29, 0.717) is 0 Å². The molecule has 0 aromatic carbocycles. The summed E-state index contributed by atoms with van der Waals surface area (Å²) in [5.74, 6) is 0. The SMILES string of the molecule is O=[PH2]OCCO[PH2]=O. The van der Waals surface area contributed by atoms with Crippen molar-refractivity contribution in [2.75, 3.05) is 13.2 Å². The molecular formula is C2H8O4P2. The summed E-state index contributed by atoms with van der Waals surface area (Å²) in [5.41, 5.74) is 0. The first kappa shape index (κ1) is 8.38. The van der Waals surface area contributed by atoms with E-state index in [0.717, 1.165) is 0 Å². The first-order chi connectivity index (χ1) is 3.91. The normalized spacial score (nSPS) is 12.5. The minimum Gasteiger partial charge on any atom is -0.330 e. The third kappa shape index (κ3) is 6.38. The first-order valence-electron chi connectivity index (χ1n) is 2.02. The number of hydrogen-bond acceptors (Lipinski definition) is 4. The Morgan fingerprint density at radius 2 is 1.38 bits per heavy atom. The highest BCUT2D eigenvalue weighted by Crippen LogP contribution is 1.96. The molecule has 0 aromatic rings. The molecule has 0 fully saturated rings. The highest BCUT2D eigenvalue weighted by Gasteiger charge is 1.80. The molecule has 0 radical (unpaired) electrons. The summed E-state index contributed by atoms with van der Waals surface area (Å²) in [4.78, 5) is 0. The van der Waals surface area contributed by atoms with Crippen LogP contribution < -0.4 is 0 Å². The molecule has 0 bridgehead atoms. The van der Waals surface area contributed by atoms with Gasteiger partial charge in [-0.3, -0.25) is 9.13 Å². The smallest absolute Gasteiger partial charge is 0.180 e. The Labute approximate surface area is 49.7 Å². The average Bonchev–Trinajstić information content (AvgIpc) is 1.81. The number of hydrogen-bond donors (Lipinski definition) is 0. The fraction of sp³-hybridized carbons (Fsp3) is 1.00. The molecule has 0 heterocycles. The second-order valence-electron chi connectivity index (χ2n) is 0.934. The summed E-state index contributed by atoms with van der Waals surface area (Å²) in [6.45, 7) is 0.544. The van der Waals surface area contributed by atoms with Crippen molar-refractivity contribution in [1.82, 2.24) is 0 Å². The van der Waals surface area contributed by atoms with Gasteiger partial charge in [-0.2, -0.15) is 0 Å². The molecule has 0 aliphatic rings. The second-order valence-corrected chi connectivity index (χ2v) is 1.99. The Bertz CT molecular complexity index is 64.4. The van der Waals surface area contributed by atoms with Crippen molar-refractivity contribution in [2.45, 2.75) is 0 Å². The van der Waals surface area contributed by atoms with Gasteiger partial charge < -0.3 is 9.05 Å². The van der Waals surface area contributed by atoms with Crippen molar-refractivity contribution in [3.63, 3.8) is 0 Å². The van der Waals surface area contributed by atoms with Gasteiger partial charge in [0.15, 0.2) is 17.4 Å². The van der Waals surface area contributed by atoms with Gasteiger partial charge in [0.05, 0.1) is 13.2 Å². The fourth-order valence-electron chi connectivity index (χ4n) is 0.192. The van der Waals surface area contributed by atoms with Gasteiger partial charge in [-0.25, -0.2) is 0 Å². The predicted octanol–water partition coefficient (Wildman–Crippen LogP) is 0.362. The molecule has 8 heavy (non-hydrogen) atoms. The van der Waals surface area contributed by atoms with E-state index in [4.69, 9.17) is 0 Å². The highest BCUT2D eigenvalue weighted by molar-refractivity contribution is 7.17. The van der Waals surface area contributed by atoms with Crippen LogP contribution in [0.4, 0.5) is 0 Å². The van der Waals surface area contributed by atoms with Crippen LogP contribution in [-0.4, -0.2) is 13.2 Å². The van der Waals surface area contributed by atoms with Gasteiger partial charge in [-0.15, -0.1) is 0 Å². The standard InChI is InChI=1S/C2H8O4P2/c3-7-5-1-2-6-8-4/h1-2,7-8H2. The number of rotatable bonds is 5. The Kier molecular flexibility index (Phi) is 7.73. The van der Waals surface area contributed by atoms with Crippen molar-refractivity contribution < 1.29 is 18.2 Å². The Morgan fingerprint density at radius 3 is 1.62 bits per heavy atom. The van der Waals surface area contributed by atoms with E-state index in [9.17, 15) is 9.13 Å². The summed E-state index contributed by atoms with van der Waals surface area (Å²) >= 11 is 0. The maximum atomic E-state index is 9.63. The van der Waals surface area contributed by atoms with E-state index in [-0.39, 0.29) is 13.2 Å². The minimum atomic E-state index is -1.15. The zero-order valence-electron chi connectivity index (χ0n) is 4.20. The third-order valence-electron chi connectivity index (χ3n) is 0.455. The molecule has 0 aliphatic carbocycles. The lowest BCUT2D eigenvalue weighted by atomic mass is 10.8. The molecule has 0 rings (SSSR count). The molecule has 0 amide bonds. The molecule has 0 spiro atoms. The van der Waals surface area contributed by atoms with E-state index < -0.39 is 17.4 Å². The molecule has 0 saturated heterocycles. The van der Waals surface area contributed by atoms with Crippen molar-refractivity contribution in [3.05, 3.63) is 0 Å². The zero-order chi connectivity index (χ0) is 6.24. The largest absolute Gasteiger partial charge is 0.330 e. The van der Waals surface area contributed by atoms with Crippen LogP contribution in [0.3, 0.4) is 0 Å². The molecule has 0 aromatic heterocycles. The molecule has 4 nitrogen and oxygen atoms in total. The monoisotopic (exact) mass is 158 g/mol. The topological polar surface area (TPSA) is 52.6 Å². The maximum absolute atomic E-state index is 9.63. The van der Waals surface area contributed by atoms with Gasteiger partial charge >= 0.3 is 0 Å². The van der Waals surface area contributed by atoms with E-state index in [1.807, 2.05) is 0 Å². The van der Waals surface area contributed by atoms with Crippen molar-refractivity contribution in [3.8, 4) is 0 Å². The van der Waals surface area contributed by atoms with Crippen LogP contribution in [0.25, 0.3) is 0 Å². The van der Waals surface area contributed by atoms with Crippen LogP contribution in [-0.2, 0) is 18.2 Å². The van der Waals surface area contributed by atoms with Crippen LogP contribution in [0.2, 0.25) is 0 Å². The molecule has 6 heteroatoms. The lowest BCUT2D eigenvalue weighted by molar-refractivity contribution is 0.243. The molecule has 0 aliphatic heterocycles.